The van der Waals surface area contributed by atoms with Crippen LogP contribution < -0.4 is 10.1 Å². The minimum atomic E-state index is -1.05. The van der Waals surface area contributed by atoms with Crippen LogP contribution >= 0.6 is 11.6 Å². The molecule has 0 saturated heterocycles. The molecular weight excluding hydrogens is 400 g/mol. The molecule has 5 nitrogen and oxygen atoms in total. The zero-order valence-corrected chi connectivity index (χ0v) is 17.7. The van der Waals surface area contributed by atoms with Gasteiger partial charge in [-0.05, 0) is 68.8 Å². The summed E-state index contributed by atoms with van der Waals surface area (Å²) in [6.07, 6.45) is 0. The number of aromatic nitrogens is 1. The van der Waals surface area contributed by atoms with Crippen LogP contribution in [0.2, 0.25) is 5.02 Å². The summed E-state index contributed by atoms with van der Waals surface area (Å²) in [5.41, 5.74) is 2.57. The standard InChI is InChI=1S/C24H21ClN2O3/c1-15-9-11-18(19(25)13-15)22-27-20-14-16(10-12-21(20)29-22)26-23(28)24(2,3)30-17-7-5-4-6-8-17/h4-14H,1-3H3,(H,26,28). The molecule has 152 valence electrons. The molecule has 4 aromatic rings. The predicted molar refractivity (Wildman–Crippen MR) is 119 cm³/mol. The van der Waals surface area contributed by atoms with Gasteiger partial charge in [0.2, 0.25) is 5.89 Å². The van der Waals surface area contributed by atoms with E-state index in [-0.39, 0.29) is 5.91 Å². The fourth-order valence-corrected chi connectivity index (χ4v) is 3.34. The van der Waals surface area contributed by atoms with Gasteiger partial charge in [0, 0.05) is 5.69 Å². The van der Waals surface area contributed by atoms with Gasteiger partial charge >= 0.3 is 0 Å². The number of nitrogens with zero attached hydrogens (tertiary/aromatic N) is 1. The van der Waals surface area contributed by atoms with Crippen molar-refractivity contribution in [1.82, 2.24) is 4.98 Å². The minimum Gasteiger partial charge on any atom is -0.478 e. The number of benzene rings is 3. The van der Waals surface area contributed by atoms with Crippen molar-refractivity contribution in [3.05, 3.63) is 77.3 Å². The van der Waals surface area contributed by atoms with Crippen molar-refractivity contribution in [2.75, 3.05) is 5.32 Å². The fraction of sp³-hybridized carbons (Fsp3) is 0.167. The van der Waals surface area contributed by atoms with Gasteiger partial charge in [-0.25, -0.2) is 4.98 Å². The number of hydrogen-bond acceptors (Lipinski definition) is 4. The zero-order chi connectivity index (χ0) is 21.3. The number of anilines is 1. The molecule has 1 heterocycles. The number of nitrogens with one attached hydrogen (secondary N) is 1. The van der Waals surface area contributed by atoms with E-state index in [1.54, 1.807) is 32.0 Å². The molecule has 0 aliphatic heterocycles. The first-order valence-electron chi connectivity index (χ1n) is 9.54. The van der Waals surface area contributed by atoms with Crippen LogP contribution in [0.5, 0.6) is 5.75 Å². The molecule has 4 rings (SSSR count). The van der Waals surface area contributed by atoms with E-state index in [9.17, 15) is 4.79 Å². The quantitative estimate of drug-likeness (QED) is 0.414. The average molecular weight is 421 g/mol. The van der Waals surface area contributed by atoms with Crippen LogP contribution in [0.1, 0.15) is 19.4 Å². The van der Waals surface area contributed by atoms with Crippen LogP contribution in [0.15, 0.2) is 71.1 Å². The molecule has 0 fully saturated rings. The van der Waals surface area contributed by atoms with Gasteiger partial charge in [0.05, 0.1) is 10.6 Å². The fourth-order valence-electron chi connectivity index (χ4n) is 3.03. The molecular formula is C24H21ClN2O3. The molecule has 0 bridgehead atoms. The lowest BCUT2D eigenvalue weighted by atomic mass is 10.1. The van der Waals surface area contributed by atoms with Gasteiger partial charge in [0.25, 0.3) is 5.91 Å². The van der Waals surface area contributed by atoms with E-state index in [1.807, 2.05) is 55.5 Å². The third kappa shape index (κ3) is 4.16. The number of halogens is 1. The molecule has 0 aliphatic rings. The molecule has 30 heavy (non-hydrogen) atoms. The molecule has 3 aromatic carbocycles. The number of oxazole rings is 1. The van der Waals surface area contributed by atoms with E-state index in [2.05, 4.69) is 10.3 Å². The Bertz CT molecular complexity index is 1220. The molecule has 0 saturated carbocycles. The van der Waals surface area contributed by atoms with Gasteiger partial charge in [-0.1, -0.05) is 35.9 Å². The predicted octanol–water partition coefficient (Wildman–Crippen LogP) is 6.25. The summed E-state index contributed by atoms with van der Waals surface area (Å²) in [6.45, 7) is 5.42. The van der Waals surface area contributed by atoms with E-state index in [0.29, 0.717) is 33.4 Å². The van der Waals surface area contributed by atoms with Crippen LogP contribution in [0.4, 0.5) is 5.69 Å². The number of hydrogen-bond donors (Lipinski definition) is 1. The number of fused-ring (bicyclic) bond motifs is 1. The van der Waals surface area contributed by atoms with E-state index in [0.717, 1.165) is 11.1 Å². The van der Waals surface area contributed by atoms with Crippen LogP contribution in [0, 0.1) is 6.92 Å². The highest BCUT2D eigenvalue weighted by Crippen LogP contribution is 2.31. The minimum absolute atomic E-state index is 0.268. The summed E-state index contributed by atoms with van der Waals surface area (Å²) in [5.74, 6) is 0.798. The molecule has 6 heteroatoms. The van der Waals surface area contributed by atoms with Crippen LogP contribution in [0.25, 0.3) is 22.6 Å². The smallest absolute Gasteiger partial charge is 0.267 e. The summed E-state index contributed by atoms with van der Waals surface area (Å²) >= 11 is 6.34. The molecule has 0 aliphatic carbocycles. The highest BCUT2D eigenvalue weighted by Gasteiger charge is 2.30. The maximum absolute atomic E-state index is 12.8. The molecule has 1 amide bonds. The number of aryl methyl sites for hydroxylation is 1. The Morgan fingerprint density at radius 2 is 1.83 bits per heavy atom. The first-order valence-corrected chi connectivity index (χ1v) is 9.92. The maximum Gasteiger partial charge on any atom is 0.267 e. The largest absolute Gasteiger partial charge is 0.478 e. The van der Waals surface area contributed by atoms with Crippen molar-refractivity contribution in [3.63, 3.8) is 0 Å². The van der Waals surface area contributed by atoms with E-state index < -0.39 is 5.60 Å². The van der Waals surface area contributed by atoms with Gasteiger partial charge in [-0.2, -0.15) is 0 Å². The number of rotatable bonds is 5. The molecule has 0 unspecified atom stereocenters. The SMILES string of the molecule is Cc1ccc(-c2nc3cc(NC(=O)C(C)(C)Oc4ccccc4)ccc3o2)c(Cl)c1. The third-order valence-corrected chi connectivity index (χ3v) is 4.98. The number of ether oxygens (including phenoxy) is 1. The Hall–Kier alpha value is -3.31. The molecule has 0 atom stereocenters. The number of para-hydroxylation sites is 1. The summed E-state index contributed by atoms with van der Waals surface area (Å²) in [4.78, 5) is 17.3. The highest BCUT2D eigenvalue weighted by molar-refractivity contribution is 6.33. The van der Waals surface area contributed by atoms with Crippen molar-refractivity contribution in [1.29, 1.82) is 0 Å². The van der Waals surface area contributed by atoms with Gasteiger partial charge in [-0.3, -0.25) is 4.79 Å². The first kappa shape index (κ1) is 20.0. The van der Waals surface area contributed by atoms with Gasteiger partial charge < -0.3 is 14.5 Å². The summed E-state index contributed by atoms with van der Waals surface area (Å²) in [5, 5.41) is 3.47. The van der Waals surface area contributed by atoms with Crippen molar-refractivity contribution in [2.24, 2.45) is 0 Å². The van der Waals surface area contributed by atoms with Gasteiger partial charge in [0.1, 0.15) is 11.3 Å². The Morgan fingerprint density at radius 1 is 1.07 bits per heavy atom. The Labute approximate surface area is 179 Å². The normalized spacial score (nSPS) is 11.5. The Morgan fingerprint density at radius 3 is 2.57 bits per heavy atom. The van der Waals surface area contributed by atoms with Crippen LogP contribution in [-0.4, -0.2) is 16.5 Å². The Kier molecular flexibility index (Phi) is 5.22. The summed E-state index contributed by atoms with van der Waals surface area (Å²) in [6, 6.07) is 20.3. The summed E-state index contributed by atoms with van der Waals surface area (Å²) < 4.78 is 11.7. The highest BCUT2D eigenvalue weighted by atomic mass is 35.5. The van der Waals surface area contributed by atoms with E-state index in [1.165, 1.54) is 0 Å². The number of carbonyl (C=O) groups excluding carboxylic acids is 1. The van der Waals surface area contributed by atoms with Crippen molar-refractivity contribution >= 4 is 34.3 Å². The van der Waals surface area contributed by atoms with Crippen LogP contribution in [0.3, 0.4) is 0 Å². The van der Waals surface area contributed by atoms with Crippen molar-refractivity contribution in [3.8, 4) is 17.2 Å². The topological polar surface area (TPSA) is 64.4 Å². The van der Waals surface area contributed by atoms with E-state index >= 15 is 0 Å². The maximum atomic E-state index is 12.8. The van der Waals surface area contributed by atoms with Crippen molar-refractivity contribution < 1.29 is 13.9 Å². The van der Waals surface area contributed by atoms with Gasteiger partial charge in [0.15, 0.2) is 11.2 Å². The molecule has 0 radical (unpaired) electrons. The Balaban J connectivity index is 1.55. The van der Waals surface area contributed by atoms with E-state index in [4.69, 9.17) is 20.8 Å². The second-order valence-corrected chi connectivity index (χ2v) is 7.97. The number of carbonyl (C=O) groups is 1. The average Bonchev–Trinajstić information content (AvgIpc) is 3.11. The second-order valence-electron chi connectivity index (χ2n) is 7.56. The molecule has 1 N–H and O–H groups in total. The lowest BCUT2D eigenvalue weighted by molar-refractivity contribution is -0.128. The van der Waals surface area contributed by atoms with Crippen LogP contribution in [-0.2, 0) is 4.79 Å². The first-order chi connectivity index (χ1) is 14.3. The molecule has 0 spiro atoms. The summed E-state index contributed by atoms with van der Waals surface area (Å²) in [7, 11) is 0. The third-order valence-electron chi connectivity index (χ3n) is 4.66. The number of amides is 1. The van der Waals surface area contributed by atoms with Gasteiger partial charge in [-0.15, -0.1) is 0 Å². The zero-order valence-electron chi connectivity index (χ0n) is 16.9. The monoisotopic (exact) mass is 420 g/mol. The van der Waals surface area contributed by atoms with Crippen molar-refractivity contribution in [2.45, 2.75) is 26.4 Å². The lowest BCUT2D eigenvalue weighted by Gasteiger charge is -2.25. The second kappa shape index (κ2) is 7.84. The molecule has 1 aromatic heterocycles. The lowest BCUT2D eigenvalue weighted by Crippen LogP contribution is -2.42.